The predicted molar refractivity (Wildman–Crippen MR) is 117 cm³/mol. The Labute approximate surface area is 183 Å². The van der Waals surface area contributed by atoms with Crippen molar-refractivity contribution >= 4 is 11.7 Å². The van der Waals surface area contributed by atoms with Crippen molar-refractivity contribution in [2.45, 2.75) is 45.3 Å². The van der Waals surface area contributed by atoms with Gasteiger partial charge in [0.05, 0.1) is 29.7 Å². The number of aliphatic hydroxyl groups excluding tert-OH is 1. The lowest BCUT2D eigenvalue weighted by Gasteiger charge is -2.47. The van der Waals surface area contributed by atoms with Crippen LogP contribution in [0.2, 0.25) is 0 Å². The maximum Gasteiger partial charge on any atom is 0.338 e. The second-order valence-electron chi connectivity index (χ2n) is 9.29. The molecule has 0 aliphatic carbocycles. The monoisotopic (exact) mass is 422 g/mol. The number of fused-ring (bicyclic) bond motifs is 1. The molecule has 0 radical (unpaired) electrons. The molecule has 31 heavy (non-hydrogen) atoms. The average Bonchev–Trinajstić information content (AvgIpc) is 3.18. The summed E-state index contributed by atoms with van der Waals surface area (Å²) in [5.74, 6) is -0.258. The van der Waals surface area contributed by atoms with Crippen LogP contribution in [0.4, 0.5) is 5.69 Å². The lowest BCUT2D eigenvalue weighted by atomic mass is 9.71. The Morgan fingerprint density at radius 3 is 2.55 bits per heavy atom. The summed E-state index contributed by atoms with van der Waals surface area (Å²) in [5.41, 5.74) is 5.07. The Bertz CT molecular complexity index is 947. The molecule has 7 heteroatoms. The summed E-state index contributed by atoms with van der Waals surface area (Å²) >= 11 is 0. The second kappa shape index (κ2) is 8.20. The fourth-order valence-electron chi connectivity index (χ4n) is 5.49. The van der Waals surface area contributed by atoms with Crippen LogP contribution in [-0.4, -0.2) is 58.9 Å². The third-order valence-corrected chi connectivity index (χ3v) is 7.67. The van der Waals surface area contributed by atoms with Gasteiger partial charge in [0.2, 0.25) is 0 Å². The first-order chi connectivity index (χ1) is 15.0. The van der Waals surface area contributed by atoms with Gasteiger partial charge in [-0.15, -0.1) is 0 Å². The largest absolute Gasteiger partial charge is 0.457 e. The fourth-order valence-corrected chi connectivity index (χ4v) is 5.49. The number of anilines is 1. The van der Waals surface area contributed by atoms with Crippen molar-refractivity contribution < 1.29 is 14.6 Å². The van der Waals surface area contributed by atoms with Crippen LogP contribution >= 0.6 is 0 Å². The number of aliphatic hydroxyl groups is 1. The number of β-amino-alcohol motifs (C(OH)–C–C–N with tert-alkyl or cyclic N) is 1. The summed E-state index contributed by atoms with van der Waals surface area (Å²) in [6.07, 6.45) is 7.87. The number of likely N-dealkylation sites (tertiary alicyclic amines) is 1. The van der Waals surface area contributed by atoms with Crippen LogP contribution in [0.3, 0.4) is 0 Å². The molecule has 1 N–H and O–H groups in total. The van der Waals surface area contributed by atoms with Crippen molar-refractivity contribution in [1.82, 2.24) is 15.1 Å². The number of esters is 1. The molecule has 1 unspecified atom stereocenters. The van der Waals surface area contributed by atoms with E-state index >= 15 is 0 Å². The van der Waals surface area contributed by atoms with Gasteiger partial charge in [-0.05, 0) is 74.4 Å². The Kier molecular flexibility index (Phi) is 5.40. The van der Waals surface area contributed by atoms with Crippen LogP contribution in [0.25, 0.3) is 0 Å². The van der Waals surface area contributed by atoms with Gasteiger partial charge < -0.3 is 19.6 Å². The van der Waals surface area contributed by atoms with Gasteiger partial charge in [-0.25, -0.2) is 4.79 Å². The number of benzene rings is 1. The molecule has 164 valence electrons. The normalized spacial score (nSPS) is 21.7. The van der Waals surface area contributed by atoms with Crippen molar-refractivity contribution in [2.24, 2.45) is 5.41 Å². The highest BCUT2D eigenvalue weighted by molar-refractivity contribution is 5.93. The summed E-state index contributed by atoms with van der Waals surface area (Å²) in [6, 6.07) is 5.73. The highest BCUT2D eigenvalue weighted by Crippen LogP contribution is 2.42. The molecule has 0 amide bonds. The van der Waals surface area contributed by atoms with Gasteiger partial charge in [-0.3, -0.25) is 0 Å². The van der Waals surface area contributed by atoms with Crippen LogP contribution in [0.15, 0.2) is 30.6 Å². The topological polar surface area (TPSA) is 78.8 Å². The van der Waals surface area contributed by atoms with Crippen LogP contribution in [0.5, 0.6) is 0 Å². The molecule has 1 atom stereocenters. The number of carbonyl (C=O) groups excluding carboxylic acids is 1. The molecule has 2 saturated heterocycles. The first-order valence-corrected chi connectivity index (χ1v) is 11.3. The van der Waals surface area contributed by atoms with Crippen LogP contribution in [0, 0.1) is 12.3 Å². The first kappa shape index (κ1) is 20.4. The lowest BCUT2D eigenvalue weighted by Crippen LogP contribution is -2.47. The number of hydrogen-bond donors (Lipinski definition) is 1. The number of piperidine rings is 2. The zero-order valence-corrected chi connectivity index (χ0v) is 18.1. The van der Waals surface area contributed by atoms with E-state index in [1.54, 1.807) is 12.3 Å². The maximum absolute atomic E-state index is 11.8. The molecule has 1 spiro atoms. The van der Waals surface area contributed by atoms with E-state index < -0.39 is 6.10 Å². The average molecular weight is 423 g/mol. The fraction of sp³-hybridized carbons (Fsp3) is 0.542. The molecule has 2 aromatic rings. The van der Waals surface area contributed by atoms with E-state index in [1.807, 2.05) is 25.3 Å². The molecule has 0 saturated carbocycles. The van der Waals surface area contributed by atoms with Gasteiger partial charge in [-0.2, -0.15) is 10.2 Å². The third kappa shape index (κ3) is 3.92. The van der Waals surface area contributed by atoms with Crippen molar-refractivity contribution in [3.05, 3.63) is 52.8 Å². The van der Waals surface area contributed by atoms with E-state index in [0.717, 1.165) is 42.9 Å². The van der Waals surface area contributed by atoms with Crippen molar-refractivity contribution in [3.8, 4) is 0 Å². The number of hydrogen-bond acceptors (Lipinski definition) is 7. The standard InChI is InChI=1S/C24H30N4O3/c1-17-19(2-3-20-21(17)16-31-23(20)30)22(29)15-27-10-5-24(6-11-27)7-12-28(13-8-24)18-4-9-25-26-14-18/h2-4,9,14,22,29H,5-8,10-13,15-16H2,1H3. The Hall–Kier alpha value is -2.51. The lowest BCUT2D eigenvalue weighted by molar-refractivity contribution is 0.0448. The van der Waals surface area contributed by atoms with Gasteiger partial charge in [0.15, 0.2) is 0 Å². The minimum Gasteiger partial charge on any atom is -0.457 e. The van der Waals surface area contributed by atoms with Crippen LogP contribution in [0.1, 0.15) is 58.8 Å². The van der Waals surface area contributed by atoms with Crippen LogP contribution < -0.4 is 4.90 Å². The Morgan fingerprint density at radius 2 is 1.84 bits per heavy atom. The molecule has 1 aromatic heterocycles. The van der Waals surface area contributed by atoms with Crippen LogP contribution in [-0.2, 0) is 11.3 Å². The van der Waals surface area contributed by atoms with E-state index in [-0.39, 0.29) is 5.97 Å². The summed E-state index contributed by atoms with van der Waals surface area (Å²) in [7, 11) is 0. The highest BCUT2D eigenvalue weighted by Gasteiger charge is 2.38. The van der Waals surface area contributed by atoms with E-state index in [9.17, 15) is 9.90 Å². The van der Waals surface area contributed by atoms with Gasteiger partial charge in [-0.1, -0.05) is 6.07 Å². The summed E-state index contributed by atoms with van der Waals surface area (Å²) in [5, 5.41) is 18.8. The molecule has 5 rings (SSSR count). The van der Waals surface area contributed by atoms with Gasteiger partial charge >= 0.3 is 5.97 Å². The number of nitrogens with zero attached hydrogens (tertiary/aromatic N) is 4. The number of aromatic nitrogens is 2. The number of cyclic esters (lactones) is 1. The molecule has 7 nitrogen and oxygen atoms in total. The number of ether oxygens (including phenoxy) is 1. The summed E-state index contributed by atoms with van der Waals surface area (Å²) in [6.45, 7) is 7.14. The maximum atomic E-state index is 11.8. The minimum atomic E-state index is -0.545. The highest BCUT2D eigenvalue weighted by atomic mass is 16.5. The quantitative estimate of drug-likeness (QED) is 0.759. The Balaban J connectivity index is 1.16. The molecular weight excluding hydrogens is 392 g/mol. The zero-order valence-electron chi connectivity index (χ0n) is 18.1. The van der Waals surface area contributed by atoms with E-state index in [0.29, 0.717) is 24.1 Å². The third-order valence-electron chi connectivity index (χ3n) is 7.67. The van der Waals surface area contributed by atoms with Gasteiger partial charge in [0.1, 0.15) is 6.61 Å². The molecule has 1 aromatic carbocycles. The number of carbonyl (C=O) groups is 1. The van der Waals surface area contributed by atoms with Gasteiger partial charge in [0, 0.05) is 25.2 Å². The molecule has 0 bridgehead atoms. The number of rotatable bonds is 4. The summed E-state index contributed by atoms with van der Waals surface area (Å²) in [4.78, 5) is 16.6. The van der Waals surface area contributed by atoms with Crippen molar-refractivity contribution in [2.75, 3.05) is 37.6 Å². The van der Waals surface area contributed by atoms with E-state index in [4.69, 9.17) is 4.74 Å². The van der Waals surface area contributed by atoms with E-state index in [2.05, 4.69) is 20.0 Å². The van der Waals surface area contributed by atoms with Crippen molar-refractivity contribution in [1.29, 1.82) is 0 Å². The SMILES string of the molecule is Cc1c(C(O)CN2CCC3(CC2)CCN(c2ccnnc2)CC3)ccc2c1COC2=O. The minimum absolute atomic E-state index is 0.258. The Morgan fingerprint density at radius 1 is 1.10 bits per heavy atom. The zero-order chi connectivity index (χ0) is 21.4. The molecular formula is C24H30N4O3. The van der Waals surface area contributed by atoms with E-state index in [1.165, 1.54) is 31.4 Å². The second-order valence-corrected chi connectivity index (χ2v) is 9.29. The molecule has 4 heterocycles. The smallest absolute Gasteiger partial charge is 0.338 e. The molecule has 3 aliphatic heterocycles. The van der Waals surface area contributed by atoms with Crippen molar-refractivity contribution in [3.63, 3.8) is 0 Å². The predicted octanol–water partition coefficient (Wildman–Crippen LogP) is 2.87. The summed E-state index contributed by atoms with van der Waals surface area (Å²) < 4.78 is 5.15. The molecule has 2 fully saturated rings. The molecule has 3 aliphatic rings. The van der Waals surface area contributed by atoms with Gasteiger partial charge in [0.25, 0.3) is 0 Å². The first-order valence-electron chi connectivity index (χ1n) is 11.3.